The van der Waals surface area contributed by atoms with Gasteiger partial charge >= 0.3 is 0 Å². The van der Waals surface area contributed by atoms with Crippen molar-refractivity contribution in [1.29, 1.82) is 0 Å². The van der Waals surface area contributed by atoms with Crippen LogP contribution >= 0.6 is 12.6 Å². The van der Waals surface area contributed by atoms with Crippen LogP contribution in [0, 0.1) is 0 Å². The van der Waals surface area contributed by atoms with Crippen LogP contribution in [0.3, 0.4) is 0 Å². The Morgan fingerprint density at radius 3 is 1.86 bits per heavy atom. The minimum atomic E-state index is -0.0113. The first-order valence-corrected chi connectivity index (χ1v) is 10.2. The monoisotopic (exact) mass is 327 g/mol. The highest BCUT2D eigenvalue weighted by Gasteiger charge is 2.22. The van der Waals surface area contributed by atoms with Crippen LogP contribution in [0.4, 0.5) is 4.79 Å². The van der Waals surface area contributed by atoms with Gasteiger partial charge in [-0.3, -0.25) is 4.79 Å². The lowest BCUT2D eigenvalue weighted by molar-refractivity contribution is 0.175. The molecule has 22 heavy (non-hydrogen) atoms. The Morgan fingerprint density at radius 2 is 1.36 bits per heavy atom. The molecule has 3 heteroatoms. The van der Waals surface area contributed by atoms with Crippen LogP contribution in [0.2, 0.25) is 0 Å². The largest absolute Gasteiger partial charge is 0.331 e. The lowest BCUT2D eigenvalue weighted by Crippen LogP contribution is -2.39. The summed E-state index contributed by atoms with van der Waals surface area (Å²) in [6, 6.07) is 0.470. The third kappa shape index (κ3) is 9.07. The normalized spacial score (nSPS) is 15.9. The maximum Gasteiger partial charge on any atom is 0.278 e. The van der Waals surface area contributed by atoms with Crippen molar-refractivity contribution in [3.05, 3.63) is 0 Å². The Bertz CT molecular complexity index is 277. The number of rotatable bonds is 12. The van der Waals surface area contributed by atoms with E-state index in [1.54, 1.807) is 0 Å². The first-order chi connectivity index (χ1) is 10.8. The topological polar surface area (TPSA) is 20.3 Å². The molecule has 0 unspecified atom stereocenters. The van der Waals surface area contributed by atoms with Gasteiger partial charge in [-0.25, -0.2) is 0 Å². The molecule has 0 aromatic heterocycles. The molecule has 0 bridgehead atoms. The van der Waals surface area contributed by atoms with Gasteiger partial charge in [0.25, 0.3) is 5.24 Å². The second-order valence-electron chi connectivity index (χ2n) is 6.95. The molecule has 130 valence electrons. The Hall–Kier alpha value is -0.180. The van der Waals surface area contributed by atoms with Crippen molar-refractivity contribution in [2.45, 2.75) is 109 Å². The third-order valence-electron chi connectivity index (χ3n) is 5.01. The average Bonchev–Trinajstić information content (AvgIpc) is 2.53. The van der Waals surface area contributed by atoms with Crippen LogP contribution in [-0.2, 0) is 0 Å². The second-order valence-corrected chi connectivity index (χ2v) is 7.33. The fourth-order valence-electron chi connectivity index (χ4n) is 3.60. The summed E-state index contributed by atoms with van der Waals surface area (Å²) in [7, 11) is 0. The summed E-state index contributed by atoms with van der Waals surface area (Å²) < 4.78 is 0. The van der Waals surface area contributed by atoms with Crippen molar-refractivity contribution in [3.63, 3.8) is 0 Å². The van der Waals surface area contributed by atoms with Gasteiger partial charge < -0.3 is 4.90 Å². The standard InChI is InChI=1S/C19H37NOS/c1-2-3-4-5-6-7-8-9-10-14-17-20(19(21)22)18-15-12-11-13-16-18/h18H,2-17H2,1H3,(H,21,22). The number of carbonyl (C=O) groups is 1. The summed E-state index contributed by atoms with van der Waals surface area (Å²) in [6.07, 6.45) is 19.7. The van der Waals surface area contributed by atoms with E-state index in [9.17, 15) is 4.79 Å². The van der Waals surface area contributed by atoms with E-state index in [0.29, 0.717) is 6.04 Å². The van der Waals surface area contributed by atoms with Crippen LogP contribution in [0.1, 0.15) is 103 Å². The van der Waals surface area contributed by atoms with E-state index in [4.69, 9.17) is 0 Å². The molecule has 1 rings (SSSR count). The maximum atomic E-state index is 11.7. The van der Waals surface area contributed by atoms with Crippen molar-refractivity contribution < 1.29 is 4.79 Å². The molecule has 1 amide bonds. The van der Waals surface area contributed by atoms with Crippen molar-refractivity contribution in [1.82, 2.24) is 4.90 Å². The molecule has 0 atom stereocenters. The molecule has 2 nitrogen and oxygen atoms in total. The molecule has 0 aliphatic heterocycles. The van der Waals surface area contributed by atoms with Gasteiger partial charge in [0.15, 0.2) is 0 Å². The number of unbranched alkanes of at least 4 members (excludes halogenated alkanes) is 9. The van der Waals surface area contributed by atoms with E-state index in [-0.39, 0.29) is 5.24 Å². The number of nitrogens with zero attached hydrogens (tertiary/aromatic N) is 1. The summed E-state index contributed by atoms with van der Waals surface area (Å²) in [5, 5.41) is -0.0113. The zero-order chi connectivity index (χ0) is 16.0. The molecular formula is C19H37NOS. The predicted octanol–water partition coefficient (Wildman–Crippen LogP) is 6.59. The first kappa shape index (κ1) is 19.9. The fraction of sp³-hybridized carbons (Fsp3) is 0.947. The van der Waals surface area contributed by atoms with Gasteiger partial charge in [0.05, 0.1) is 0 Å². The van der Waals surface area contributed by atoms with Gasteiger partial charge in [0.1, 0.15) is 0 Å². The average molecular weight is 328 g/mol. The fourth-order valence-corrected chi connectivity index (χ4v) is 3.86. The molecule has 0 aromatic rings. The Labute approximate surface area is 143 Å². The minimum absolute atomic E-state index is 0.0113. The summed E-state index contributed by atoms with van der Waals surface area (Å²) in [4.78, 5) is 13.8. The molecule has 0 radical (unpaired) electrons. The van der Waals surface area contributed by atoms with Crippen molar-refractivity contribution in [2.24, 2.45) is 0 Å². The summed E-state index contributed by atoms with van der Waals surface area (Å²) in [5.74, 6) is 0. The highest BCUT2D eigenvalue weighted by atomic mass is 32.1. The summed E-state index contributed by atoms with van der Waals surface area (Å²) in [6.45, 7) is 3.19. The number of hydrogen-bond acceptors (Lipinski definition) is 1. The first-order valence-electron chi connectivity index (χ1n) is 9.75. The zero-order valence-electron chi connectivity index (χ0n) is 14.7. The molecule has 0 heterocycles. The van der Waals surface area contributed by atoms with Gasteiger partial charge in [-0.05, 0) is 19.3 Å². The van der Waals surface area contributed by atoms with Crippen molar-refractivity contribution >= 4 is 17.9 Å². The molecule has 0 N–H and O–H groups in total. The Kier molecular flexibility index (Phi) is 12.0. The zero-order valence-corrected chi connectivity index (χ0v) is 15.6. The van der Waals surface area contributed by atoms with Crippen LogP contribution in [0.25, 0.3) is 0 Å². The van der Waals surface area contributed by atoms with E-state index in [2.05, 4.69) is 19.6 Å². The van der Waals surface area contributed by atoms with Crippen LogP contribution < -0.4 is 0 Å². The molecule has 0 saturated heterocycles. The summed E-state index contributed by atoms with van der Waals surface area (Å²) >= 11 is 4.09. The summed E-state index contributed by atoms with van der Waals surface area (Å²) in [5.41, 5.74) is 0. The van der Waals surface area contributed by atoms with Crippen molar-refractivity contribution in [2.75, 3.05) is 6.54 Å². The molecule has 1 fully saturated rings. The second kappa shape index (κ2) is 13.3. The Balaban J connectivity index is 2.00. The van der Waals surface area contributed by atoms with E-state index in [1.807, 2.05) is 4.90 Å². The molecule has 1 aliphatic carbocycles. The highest BCUT2D eigenvalue weighted by Crippen LogP contribution is 2.24. The molecular weight excluding hydrogens is 290 g/mol. The van der Waals surface area contributed by atoms with Gasteiger partial charge in [-0.2, -0.15) is 0 Å². The molecule has 0 spiro atoms. The quantitative estimate of drug-likeness (QED) is 0.316. The van der Waals surface area contributed by atoms with E-state index >= 15 is 0 Å². The van der Waals surface area contributed by atoms with Crippen LogP contribution in [0.15, 0.2) is 0 Å². The number of hydrogen-bond donors (Lipinski definition) is 1. The number of thiol groups is 1. The molecule has 1 saturated carbocycles. The molecule has 1 aliphatic rings. The molecule has 0 aromatic carbocycles. The smallest absolute Gasteiger partial charge is 0.278 e. The van der Waals surface area contributed by atoms with Crippen LogP contribution in [-0.4, -0.2) is 22.7 Å². The maximum absolute atomic E-state index is 11.7. The highest BCUT2D eigenvalue weighted by molar-refractivity contribution is 7.96. The number of carbonyl (C=O) groups excluding carboxylic acids is 1. The van der Waals surface area contributed by atoms with Gasteiger partial charge in [-0.1, -0.05) is 96.6 Å². The Morgan fingerprint density at radius 1 is 0.864 bits per heavy atom. The van der Waals surface area contributed by atoms with E-state index < -0.39 is 0 Å². The van der Waals surface area contributed by atoms with Gasteiger partial charge in [-0.15, -0.1) is 0 Å². The lowest BCUT2D eigenvalue weighted by atomic mass is 9.94. The number of amides is 1. The van der Waals surface area contributed by atoms with Crippen molar-refractivity contribution in [3.8, 4) is 0 Å². The predicted molar refractivity (Wildman–Crippen MR) is 99.8 cm³/mol. The SMILES string of the molecule is CCCCCCCCCCCCN(C(=O)S)C1CCCCC1. The lowest BCUT2D eigenvalue weighted by Gasteiger charge is -2.33. The van der Waals surface area contributed by atoms with E-state index in [0.717, 1.165) is 13.0 Å². The van der Waals surface area contributed by atoms with Gasteiger partial charge in [0.2, 0.25) is 0 Å². The minimum Gasteiger partial charge on any atom is -0.331 e. The third-order valence-corrected chi connectivity index (χ3v) is 5.27. The van der Waals surface area contributed by atoms with Crippen LogP contribution in [0.5, 0.6) is 0 Å². The van der Waals surface area contributed by atoms with E-state index in [1.165, 1.54) is 89.9 Å². The van der Waals surface area contributed by atoms with Gasteiger partial charge in [0, 0.05) is 12.6 Å².